The molecule has 8 nitrogen and oxygen atoms in total. The van der Waals surface area contributed by atoms with Gasteiger partial charge in [0.2, 0.25) is 5.76 Å². The van der Waals surface area contributed by atoms with Crippen LogP contribution >= 0.6 is 0 Å². The number of carbonyl (C=O) groups excluding carboxylic acids is 1. The highest BCUT2D eigenvalue weighted by molar-refractivity contribution is 5.89. The SMILES string of the molecule is CCOc1cc(C=Nn2c(-c3ccccc3)nc3ccccc3c2=O)ccc1OC(=O)c1ccco1. The number of carbonyl (C=O) groups is 1. The zero-order valence-electron chi connectivity index (χ0n) is 19.3. The largest absolute Gasteiger partial charge is 0.490 e. The van der Waals surface area contributed by atoms with Crippen LogP contribution in [0.2, 0.25) is 0 Å². The molecular formula is C28H21N3O5. The van der Waals surface area contributed by atoms with E-state index in [1.54, 1.807) is 42.5 Å². The van der Waals surface area contributed by atoms with Crippen LogP contribution in [-0.2, 0) is 0 Å². The number of para-hydroxylation sites is 1. The number of benzene rings is 3. The fourth-order valence-electron chi connectivity index (χ4n) is 3.63. The van der Waals surface area contributed by atoms with Crippen molar-refractivity contribution in [1.82, 2.24) is 9.66 Å². The minimum absolute atomic E-state index is 0.0831. The monoisotopic (exact) mass is 479 g/mol. The van der Waals surface area contributed by atoms with Gasteiger partial charge in [0.15, 0.2) is 17.3 Å². The van der Waals surface area contributed by atoms with Gasteiger partial charge in [-0.25, -0.2) is 9.78 Å². The van der Waals surface area contributed by atoms with Gasteiger partial charge in [-0.3, -0.25) is 4.79 Å². The van der Waals surface area contributed by atoms with Crippen LogP contribution in [0.4, 0.5) is 0 Å². The molecule has 3 aromatic carbocycles. The molecule has 5 aromatic rings. The zero-order chi connectivity index (χ0) is 24.9. The summed E-state index contributed by atoms with van der Waals surface area (Å²) in [6.45, 7) is 2.18. The molecule has 0 spiro atoms. The summed E-state index contributed by atoms with van der Waals surface area (Å²) in [7, 11) is 0. The molecule has 0 amide bonds. The number of esters is 1. The lowest BCUT2D eigenvalue weighted by Gasteiger charge is -2.11. The topological polar surface area (TPSA) is 95.9 Å². The van der Waals surface area contributed by atoms with Crippen molar-refractivity contribution < 1.29 is 18.7 Å². The summed E-state index contributed by atoms with van der Waals surface area (Å²) in [5, 5.41) is 4.94. The highest BCUT2D eigenvalue weighted by atomic mass is 16.6. The van der Waals surface area contributed by atoms with Crippen LogP contribution in [0.3, 0.4) is 0 Å². The van der Waals surface area contributed by atoms with Crippen molar-refractivity contribution in [1.29, 1.82) is 0 Å². The van der Waals surface area contributed by atoms with Crippen LogP contribution in [-0.4, -0.2) is 28.5 Å². The smallest absolute Gasteiger partial charge is 0.379 e. The fourth-order valence-corrected chi connectivity index (χ4v) is 3.63. The minimum Gasteiger partial charge on any atom is -0.490 e. The second-order valence-corrected chi connectivity index (χ2v) is 7.69. The molecule has 0 saturated carbocycles. The highest BCUT2D eigenvalue weighted by Gasteiger charge is 2.16. The number of furan rings is 1. The fraction of sp³-hybridized carbons (Fsp3) is 0.0714. The van der Waals surface area contributed by atoms with Crippen LogP contribution < -0.4 is 15.0 Å². The van der Waals surface area contributed by atoms with Gasteiger partial charge < -0.3 is 13.9 Å². The molecule has 36 heavy (non-hydrogen) atoms. The van der Waals surface area contributed by atoms with Gasteiger partial charge in [0, 0.05) is 5.56 Å². The van der Waals surface area contributed by atoms with E-state index in [4.69, 9.17) is 18.9 Å². The second kappa shape index (κ2) is 10.1. The lowest BCUT2D eigenvalue weighted by atomic mass is 10.2. The van der Waals surface area contributed by atoms with Crippen LogP contribution in [0.15, 0.2) is 106 Å². The van der Waals surface area contributed by atoms with Crippen LogP contribution in [0.5, 0.6) is 11.5 Å². The van der Waals surface area contributed by atoms with E-state index in [1.807, 2.05) is 43.3 Å². The van der Waals surface area contributed by atoms with Crippen LogP contribution in [0.25, 0.3) is 22.3 Å². The van der Waals surface area contributed by atoms with Gasteiger partial charge in [-0.1, -0.05) is 42.5 Å². The maximum Gasteiger partial charge on any atom is 0.379 e. The summed E-state index contributed by atoms with van der Waals surface area (Å²) >= 11 is 0. The summed E-state index contributed by atoms with van der Waals surface area (Å²) < 4.78 is 17.5. The van der Waals surface area contributed by atoms with E-state index in [9.17, 15) is 9.59 Å². The molecule has 178 valence electrons. The number of rotatable bonds is 7. The molecule has 0 bridgehead atoms. The predicted octanol–water partition coefficient (Wildman–Crippen LogP) is 5.16. The average Bonchev–Trinajstić information content (AvgIpc) is 3.45. The van der Waals surface area contributed by atoms with E-state index in [0.717, 1.165) is 5.56 Å². The maximum atomic E-state index is 13.3. The summed E-state index contributed by atoms with van der Waals surface area (Å²) in [5.74, 6) is 0.464. The second-order valence-electron chi connectivity index (χ2n) is 7.69. The first-order chi connectivity index (χ1) is 17.6. The van der Waals surface area contributed by atoms with Crippen molar-refractivity contribution in [3.63, 3.8) is 0 Å². The van der Waals surface area contributed by atoms with Crippen molar-refractivity contribution in [2.75, 3.05) is 6.61 Å². The minimum atomic E-state index is -0.635. The third-order valence-electron chi connectivity index (χ3n) is 5.30. The van der Waals surface area contributed by atoms with E-state index in [1.165, 1.54) is 23.2 Å². The third kappa shape index (κ3) is 4.65. The number of aromatic nitrogens is 2. The van der Waals surface area contributed by atoms with Gasteiger partial charge >= 0.3 is 5.97 Å². The van der Waals surface area contributed by atoms with Gasteiger partial charge in [0.05, 0.1) is 30.0 Å². The number of nitrogens with zero attached hydrogens (tertiary/aromatic N) is 3. The molecule has 0 radical (unpaired) electrons. The van der Waals surface area contributed by atoms with Crippen molar-refractivity contribution in [2.24, 2.45) is 5.10 Å². The maximum absolute atomic E-state index is 13.3. The van der Waals surface area contributed by atoms with E-state index in [-0.39, 0.29) is 17.1 Å². The Hall–Kier alpha value is -4.98. The summed E-state index contributed by atoms with van der Waals surface area (Å²) in [4.78, 5) is 30.3. The molecule has 0 aliphatic rings. The van der Waals surface area contributed by atoms with E-state index in [0.29, 0.717) is 34.6 Å². The first-order valence-electron chi connectivity index (χ1n) is 11.3. The zero-order valence-corrected chi connectivity index (χ0v) is 19.3. The van der Waals surface area contributed by atoms with E-state index >= 15 is 0 Å². The quantitative estimate of drug-likeness (QED) is 0.182. The number of hydrogen-bond donors (Lipinski definition) is 0. The third-order valence-corrected chi connectivity index (χ3v) is 5.30. The molecule has 0 N–H and O–H groups in total. The summed E-state index contributed by atoms with van der Waals surface area (Å²) in [6, 6.07) is 24.7. The Bertz CT molecular complexity index is 1610. The average molecular weight is 479 g/mol. The molecule has 2 heterocycles. The molecule has 5 rings (SSSR count). The van der Waals surface area contributed by atoms with Crippen LogP contribution in [0, 0.1) is 0 Å². The first kappa shape index (κ1) is 22.8. The normalized spacial score (nSPS) is 11.1. The Kier molecular flexibility index (Phi) is 6.40. The van der Waals surface area contributed by atoms with E-state index in [2.05, 4.69) is 5.10 Å². The Morgan fingerprint density at radius 3 is 2.58 bits per heavy atom. The first-order valence-corrected chi connectivity index (χ1v) is 11.3. The van der Waals surface area contributed by atoms with Crippen molar-refractivity contribution in [3.8, 4) is 22.9 Å². The van der Waals surface area contributed by atoms with Crippen LogP contribution in [0.1, 0.15) is 23.0 Å². The Labute approximate surface area is 206 Å². The molecule has 8 heteroatoms. The molecule has 0 aliphatic carbocycles. The standard InChI is InChI=1S/C28H21N3O5/c1-2-34-25-17-19(14-15-23(25)36-28(33)24-13-8-16-35-24)18-29-31-26(20-9-4-3-5-10-20)30-22-12-7-6-11-21(22)27(31)32/h3-18H,2H2,1H3. The van der Waals surface area contributed by atoms with Gasteiger partial charge in [0.25, 0.3) is 5.56 Å². The predicted molar refractivity (Wildman–Crippen MR) is 136 cm³/mol. The van der Waals surface area contributed by atoms with Gasteiger partial charge in [-0.05, 0) is 55.0 Å². The molecular weight excluding hydrogens is 458 g/mol. The Balaban J connectivity index is 1.53. The lowest BCUT2D eigenvalue weighted by molar-refractivity contribution is 0.0695. The Morgan fingerprint density at radius 1 is 1.00 bits per heavy atom. The van der Waals surface area contributed by atoms with E-state index < -0.39 is 5.97 Å². The number of ether oxygens (including phenoxy) is 2. The summed E-state index contributed by atoms with van der Waals surface area (Å²) in [6.07, 6.45) is 2.93. The van der Waals surface area contributed by atoms with Gasteiger partial charge in [-0.15, -0.1) is 0 Å². The Morgan fingerprint density at radius 2 is 1.81 bits per heavy atom. The molecule has 2 aromatic heterocycles. The number of hydrogen-bond acceptors (Lipinski definition) is 7. The van der Waals surface area contributed by atoms with Gasteiger partial charge in [0.1, 0.15) is 0 Å². The molecule has 0 fully saturated rings. The van der Waals surface area contributed by atoms with Crippen molar-refractivity contribution in [3.05, 3.63) is 113 Å². The molecule has 0 aliphatic heterocycles. The number of fused-ring (bicyclic) bond motifs is 1. The summed E-state index contributed by atoms with van der Waals surface area (Å²) in [5.41, 5.74) is 1.70. The lowest BCUT2D eigenvalue weighted by Crippen LogP contribution is -2.20. The molecule has 0 atom stereocenters. The van der Waals surface area contributed by atoms with Crippen molar-refractivity contribution >= 4 is 23.1 Å². The van der Waals surface area contributed by atoms with Gasteiger partial charge in [-0.2, -0.15) is 9.78 Å². The van der Waals surface area contributed by atoms with Crippen molar-refractivity contribution in [2.45, 2.75) is 6.92 Å². The molecule has 0 unspecified atom stereocenters. The highest BCUT2D eigenvalue weighted by Crippen LogP contribution is 2.29. The molecule has 0 saturated heterocycles.